The zero-order chi connectivity index (χ0) is 16.8. The molecular formula is C20H26N2S. The molecule has 122 valence electrons. The highest BCUT2D eigenvalue weighted by Gasteiger charge is 2.07. The molecule has 2 nitrogen and oxygen atoms in total. The van der Waals surface area contributed by atoms with Gasteiger partial charge >= 0.3 is 0 Å². The zero-order valence-electron chi connectivity index (χ0n) is 14.4. The second-order valence-corrected chi connectivity index (χ2v) is 6.60. The van der Waals surface area contributed by atoms with Crippen molar-refractivity contribution in [3.8, 4) is 0 Å². The summed E-state index contributed by atoms with van der Waals surface area (Å²) in [6, 6.07) is 17.3. The normalized spacial score (nSPS) is 12.0. The van der Waals surface area contributed by atoms with E-state index in [-0.39, 0.29) is 6.04 Å². The second kappa shape index (κ2) is 8.11. The number of hydrogen-bond acceptors (Lipinski definition) is 1. The minimum atomic E-state index is 0.177. The lowest BCUT2D eigenvalue weighted by molar-refractivity contribution is 0.722. The van der Waals surface area contributed by atoms with Gasteiger partial charge in [-0.3, -0.25) is 0 Å². The molecule has 23 heavy (non-hydrogen) atoms. The highest BCUT2D eigenvalue weighted by atomic mass is 32.1. The summed E-state index contributed by atoms with van der Waals surface area (Å²) in [5.41, 5.74) is 4.94. The number of anilines is 1. The van der Waals surface area contributed by atoms with Gasteiger partial charge in [0.25, 0.3) is 0 Å². The predicted molar refractivity (Wildman–Crippen MR) is 104 cm³/mol. The van der Waals surface area contributed by atoms with Gasteiger partial charge in [0.2, 0.25) is 0 Å². The van der Waals surface area contributed by atoms with Crippen molar-refractivity contribution in [3.05, 3.63) is 65.2 Å². The van der Waals surface area contributed by atoms with Crippen LogP contribution in [-0.4, -0.2) is 5.11 Å². The quantitative estimate of drug-likeness (QED) is 0.717. The molecule has 2 rings (SSSR count). The average Bonchev–Trinajstić information content (AvgIpc) is 2.55. The molecule has 0 aliphatic heterocycles. The average molecular weight is 327 g/mol. The third kappa shape index (κ3) is 5.07. The Morgan fingerprint density at radius 1 is 0.913 bits per heavy atom. The van der Waals surface area contributed by atoms with Gasteiger partial charge in [-0.05, 0) is 60.3 Å². The molecule has 0 radical (unpaired) electrons. The van der Waals surface area contributed by atoms with Crippen LogP contribution in [0.25, 0.3) is 0 Å². The van der Waals surface area contributed by atoms with Crippen molar-refractivity contribution in [1.82, 2.24) is 5.32 Å². The fraction of sp³-hybridized carbons (Fsp3) is 0.350. The molecule has 2 aromatic rings. The van der Waals surface area contributed by atoms with Crippen molar-refractivity contribution in [3.63, 3.8) is 0 Å². The monoisotopic (exact) mass is 326 g/mol. The summed E-state index contributed by atoms with van der Waals surface area (Å²) < 4.78 is 0. The highest BCUT2D eigenvalue weighted by molar-refractivity contribution is 7.80. The molecule has 0 aromatic heterocycles. The molecule has 2 N–H and O–H groups in total. The zero-order valence-corrected chi connectivity index (χ0v) is 15.2. The van der Waals surface area contributed by atoms with Gasteiger partial charge in [0, 0.05) is 5.69 Å². The van der Waals surface area contributed by atoms with E-state index in [2.05, 4.69) is 86.9 Å². The Kier molecular flexibility index (Phi) is 6.17. The van der Waals surface area contributed by atoms with E-state index in [1.807, 2.05) is 0 Å². The van der Waals surface area contributed by atoms with Gasteiger partial charge in [0.05, 0.1) is 6.04 Å². The van der Waals surface area contributed by atoms with E-state index in [9.17, 15) is 0 Å². The Labute approximate surface area is 145 Å². The van der Waals surface area contributed by atoms with E-state index >= 15 is 0 Å². The van der Waals surface area contributed by atoms with Crippen molar-refractivity contribution < 1.29 is 0 Å². The first-order valence-electron chi connectivity index (χ1n) is 8.26. The van der Waals surface area contributed by atoms with Crippen LogP contribution >= 0.6 is 12.2 Å². The van der Waals surface area contributed by atoms with E-state index in [1.54, 1.807) is 0 Å². The lowest BCUT2D eigenvalue weighted by Gasteiger charge is -2.18. The minimum absolute atomic E-state index is 0.177. The predicted octanol–water partition coefficient (Wildman–Crippen LogP) is 5.42. The van der Waals surface area contributed by atoms with Crippen LogP contribution in [0.2, 0.25) is 0 Å². The minimum Gasteiger partial charge on any atom is -0.356 e. The molecule has 0 bridgehead atoms. The van der Waals surface area contributed by atoms with Gasteiger partial charge in [0.15, 0.2) is 5.11 Å². The van der Waals surface area contributed by atoms with Crippen molar-refractivity contribution in [2.24, 2.45) is 0 Å². The van der Waals surface area contributed by atoms with Crippen LogP contribution in [0.15, 0.2) is 48.5 Å². The number of rotatable bonds is 5. The summed E-state index contributed by atoms with van der Waals surface area (Å²) in [5.74, 6) is 0.542. The lowest BCUT2D eigenvalue weighted by atomic mass is 10.0. The Bertz CT molecular complexity index is 630. The van der Waals surface area contributed by atoms with E-state index in [0.717, 1.165) is 12.1 Å². The van der Waals surface area contributed by atoms with Crippen molar-refractivity contribution in [2.45, 2.75) is 46.1 Å². The maximum atomic E-state index is 5.42. The largest absolute Gasteiger partial charge is 0.356 e. The van der Waals surface area contributed by atoms with E-state index in [1.165, 1.54) is 16.7 Å². The maximum absolute atomic E-state index is 5.42. The van der Waals surface area contributed by atoms with Crippen LogP contribution < -0.4 is 10.6 Å². The lowest BCUT2D eigenvalue weighted by Crippen LogP contribution is -2.30. The first-order valence-corrected chi connectivity index (χ1v) is 8.66. The molecule has 3 heteroatoms. The second-order valence-electron chi connectivity index (χ2n) is 6.19. The SMILES string of the molecule is CCc1ccc(C(C)NC(=S)Nc2ccc(C(C)C)cc2)cc1. The number of nitrogens with one attached hydrogen (secondary N) is 2. The summed E-state index contributed by atoms with van der Waals surface area (Å²) in [4.78, 5) is 0. The third-order valence-corrected chi connectivity index (χ3v) is 4.29. The molecule has 1 atom stereocenters. The van der Waals surface area contributed by atoms with Crippen LogP contribution in [0.3, 0.4) is 0 Å². The molecule has 0 amide bonds. The summed E-state index contributed by atoms with van der Waals surface area (Å²) in [7, 11) is 0. The Morgan fingerprint density at radius 2 is 1.48 bits per heavy atom. The molecule has 0 saturated heterocycles. The fourth-order valence-electron chi connectivity index (χ4n) is 2.44. The van der Waals surface area contributed by atoms with Crippen molar-refractivity contribution >= 4 is 23.0 Å². The van der Waals surface area contributed by atoms with Crippen LogP contribution in [0, 0.1) is 0 Å². The molecule has 0 saturated carbocycles. The molecule has 0 spiro atoms. The topological polar surface area (TPSA) is 24.1 Å². The van der Waals surface area contributed by atoms with Crippen molar-refractivity contribution in [1.29, 1.82) is 0 Å². The van der Waals surface area contributed by atoms with Gasteiger partial charge in [-0.1, -0.05) is 57.2 Å². The summed E-state index contributed by atoms with van der Waals surface area (Å²) in [6.45, 7) is 8.68. The van der Waals surface area contributed by atoms with E-state index < -0.39 is 0 Å². The van der Waals surface area contributed by atoms with Gasteiger partial charge in [0.1, 0.15) is 0 Å². The van der Waals surface area contributed by atoms with Crippen LogP contribution in [0.4, 0.5) is 5.69 Å². The summed E-state index contributed by atoms with van der Waals surface area (Å²) in [6.07, 6.45) is 1.06. The van der Waals surface area contributed by atoms with Gasteiger partial charge < -0.3 is 10.6 Å². The smallest absolute Gasteiger partial charge is 0.171 e. The molecule has 0 heterocycles. The van der Waals surface area contributed by atoms with Crippen LogP contribution in [0.5, 0.6) is 0 Å². The number of benzene rings is 2. The van der Waals surface area contributed by atoms with Crippen LogP contribution in [0.1, 0.15) is 56.3 Å². The molecule has 2 aromatic carbocycles. The van der Waals surface area contributed by atoms with E-state index in [4.69, 9.17) is 12.2 Å². The van der Waals surface area contributed by atoms with E-state index in [0.29, 0.717) is 11.0 Å². The highest BCUT2D eigenvalue weighted by Crippen LogP contribution is 2.18. The van der Waals surface area contributed by atoms with Gasteiger partial charge in [-0.2, -0.15) is 0 Å². The first-order chi connectivity index (χ1) is 11.0. The standard InChI is InChI=1S/C20H26N2S/c1-5-16-6-8-18(9-7-16)15(4)21-20(23)22-19-12-10-17(11-13-19)14(2)3/h6-15H,5H2,1-4H3,(H2,21,22,23). The maximum Gasteiger partial charge on any atom is 0.171 e. The molecule has 1 unspecified atom stereocenters. The Balaban J connectivity index is 1.92. The fourth-order valence-corrected chi connectivity index (χ4v) is 2.74. The number of hydrogen-bond donors (Lipinski definition) is 2. The van der Waals surface area contributed by atoms with Gasteiger partial charge in [-0.25, -0.2) is 0 Å². The third-order valence-electron chi connectivity index (χ3n) is 4.07. The Hall–Kier alpha value is -1.87. The summed E-state index contributed by atoms with van der Waals surface area (Å²) in [5, 5.41) is 7.24. The van der Waals surface area contributed by atoms with Crippen molar-refractivity contribution in [2.75, 3.05) is 5.32 Å². The molecule has 0 aliphatic rings. The summed E-state index contributed by atoms with van der Waals surface area (Å²) >= 11 is 5.42. The number of thiocarbonyl (C=S) groups is 1. The number of aryl methyl sites for hydroxylation is 1. The Morgan fingerprint density at radius 3 is 2.00 bits per heavy atom. The van der Waals surface area contributed by atoms with Crippen LogP contribution in [-0.2, 0) is 6.42 Å². The van der Waals surface area contributed by atoms with Gasteiger partial charge in [-0.15, -0.1) is 0 Å². The molecule has 0 fully saturated rings. The first kappa shape index (κ1) is 17.5. The molecular weight excluding hydrogens is 300 g/mol. The molecule has 0 aliphatic carbocycles.